The van der Waals surface area contributed by atoms with E-state index in [1.165, 1.54) is 0 Å². The van der Waals surface area contributed by atoms with Gasteiger partial charge in [0.2, 0.25) is 6.33 Å². The van der Waals surface area contributed by atoms with Gasteiger partial charge in [-0.1, -0.05) is 0 Å². The number of allylic oxidation sites excluding steroid dienone is 2. The Morgan fingerprint density at radius 2 is 1.73 bits per heavy atom. The summed E-state index contributed by atoms with van der Waals surface area (Å²) in [6.07, 6.45) is 10.6. The summed E-state index contributed by atoms with van der Waals surface area (Å²) < 4.78 is 4.21. The van der Waals surface area contributed by atoms with Crippen LogP contribution in [0.2, 0.25) is 0 Å². The number of rotatable bonds is 8. The molecule has 7 N–H and O–H groups in total. The number of nitrogens with zero attached hydrogens (tertiary/aromatic N) is 3. The first kappa shape index (κ1) is 21.9. The molecule has 1 aliphatic carbocycles. The third-order valence-electron chi connectivity index (χ3n) is 5.22. The Morgan fingerprint density at radius 1 is 1.00 bits per heavy atom. The van der Waals surface area contributed by atoms with E-state index in [-0.39, 0.29) is 0 Å². The van der Waals surface area contributed by atoms with Gasteiger partial charge in [-0.3, -0.25) is 5.41 Å². The maximum Gasteiger partial charge on any atom is 0.243 e. The first-order valence-electron chi connectivity index (χ1n) is 10.8. The zero-order valence-electron chi connectivity index (χ0n) is 18.6. The van der Waals surface area contributed by atoms with Crippen molar-refractivity contribution in [3.8, 4) is 0 Å². The summed E-state index contributed by atoms with van der Waals surface area (Å²) in [5, 5.41) is 14.9. The second-order valence-corrected chi connectivity index (χ2v) is 7.96. The molecule has 0 radical (unpaired) electrons. The summed E-state index contributed by atoms with van der Waals surface area (Å²) in [6, 6.07) is 15.3. The van der Waals surface area contributed by atoms with Gasteiger partial charge in [0.15, 0.2) is 0 Å². The lowest BCUT2D eigenvalue weighted by Crippen LogP contribution is -2.23. The van der Waals surface area contributed by atoms with Crippen LogP contribution in [0.5, 0.6) is 0 Å². The molecule has 33 heavy (non-hydrogen) atoms. The molecule has 0 saturated carbocycles. The fraction of sp³-hybridized carbons (Fsp3) is 0.160. The molecular weight excluding hydrogens is 412 g/mol. The summed E-state index contributed by atoms with van der Waals surface area (Å²) in [6.45, 7) is 1.86. The molecule has 0 amide bonds. The molecule has 4 rings (SSSR count). The lowest BCUT2D eigenvalue weighted by atomic mass is 10.0. The predicted octanol–water partition coefficient (Wildman–Crippen LogP) is 3.34. The number of aromatic nitrogens is 2. The Kier molecular flexibility index (Phi) is 6.54. The average molecular weight is 442 g/mol. The van der Waals surface area contributed by atoms with Crippen molar-refractivity contribution in [1.29, 1.82) is 5.41 Å². The fourth-order valence-electron chi connectivity index (χ4n) is 3.45. The van der Waals surface area contributed by atoms with Crippen LogP contribution in [0.1, 0.15) is 6.42 Å². The number of anilines is 3. The van der Waals surface area contributed by atoms with Gasteiger partial charge in [-0.2, -0.15) is 0 Å². The number of hydrogen-bond donors (Lipinski definition) is 5. The topological polar surface area (TPSA) is 121 Å². The standard InChI is InChI=1S/C25H29N8/c1-32-13-14-33(17-32)12-2-11-29-19-7-9-21(10-8-19)31-25-16-24(22(27)15-23(25)28)30-20-5-3-18(26)4-6-20/h3-10,13-17,27,29-30H,2,11-12,26,28H2,1H3/q+1. The largest absolute Gasteiger partial charge is 0.399 e. The molecule has 8 nitrogen and oxygen atoms in total. The Morgan fingerprint density at radius 3 is 2.42 bits per heavy atom. The number of nitrogens with two attached hydrogens (primary N) is 2. The molecule has 1 aliphatic rings. The minimum Gasteiger partial charge on any atom is -0.399 e. The number of nitrogens with one attached hydrogen (secondary N) is 3. The molecule has 0 unspecified atom stereocenters. The van der Waals surface area contributed by atoms with Gasteiger partial charge in [0.05, 0.1) is 42.1 Å². The van der Waals surface area contributed by atoms with Gasteiger partial charge >= 0.3 is 0 Å². The molecule has 0 fully saturated rings. The molecule has 0 bridgehead atoms. The number of nitrogen functional groups attached to an aromatic ring is 1. The van der Waals surface area contributed by atoms with Crippen LogP contribution < -0.4 is 26.7 Å². The van der Waals surface area contributed by atoms with Gasteiger partial charge in [0.25, 0.3) is 0 Å². The Balaban J connectivity index is 1.38. The molecule has 0 aliphatic heterocycles. The minimum atomic E-state index is 0.302. The molecule has 2 aromatic carbocycles. The second kappa shape index (κ2) is 9.86. The van der Waals surface area contributed by atoms with Crippen molar-refractivity contribution >= 4 is 34.2 Å². The molecule has 0 saturated heterocycles. The summed E-state index contributed by atoms with van der Waals surface area (Å²) >= 11 is 0. The van der Waals surface area contributed by atoms with E-state index in [4.69, 9.17) is 16.9 Å². The lowest BCUT2D eigenvalue weighted by molar-refractivity contribution is -0.671. The second-order valence-electron chi connectivity index (χ2n) is 7.96. The Bertz CT molecular complexity index is 1210. The fourth-order valence-corrected chi connectivity index (χ4v) is 3.45. The SMILES string of the molecule is C[n+]1ccn(CCCNc2ccc(N=C3C=C(Nc4ccc(N)cc4)C(=N)C=C3N)cc2)c1. The number of imidazole rings is 1. The smallest absolute Gasteiger partial charge is 0.243 e. The van der Waals surface area contributed by atoms with E-state index in [1.807, 2.05) is 66.3 Å². The third-order valence-corrected chi connectivity index (χ3v) is 5.22. The zero-order chi connectivity index (χ0) is 23.2. The van der Waals surface area contributed by atoms with E-state index in [1.54, 1.807) is 12.2 Å². The van der Waals surface area contributed by atoms with Crippen molar-refractivity contribution in [2.45, 2.75) is 13.0 Å². The van der Waals surface area contributed by atoms with Crippen LogP contribution in [0, 0.1) is 5.41 Å². The summed E-state index contributed by atoms with van der Waals surface area (Å²) in [7, 11) is 2.02. The monoisotopic (exact) mass is 441 g/mol. The quantitative estimate of drug-likeness (QED) is 0.159. The van der Waals surface area contributed by atoms with Crippen LogP contribution in [0.4, 0.5) is 22.7 Å². The van der Waals surface area contributed by atoms with Gasteiger partial charge in [0, 0.05) is 30.0 Å². The molecule has 3 aromatic rings. The van der Waals surface area contributed by atoms with E-state index in [0.717, 1.165) is 36.6 Å². The van der Waals surface area contributed by atoms with Gasteiger partial charge in [0.1, 0.15) is 12.4 Å². The van der Waals surface area contributed by atoms with Crippen LogP contribution in [0.15, 0.2) is 95.8 Å². The first-order chi connectivity index (χ1) is 16.0. The highest BCUT2D eigenvalue weighted by Crippen LogP contribution is 2.21. The third kappa shape index (κ3) is 5.88. The van der Waals surface area contributed by atoms with Gasteiger partial charge in [-0.25, -0.2) is 14.1 Å². The van der Waals surface area contributed by atoms with Crippen molar-refractivity contribution in [2.24, 2.45) is 17.8 Å². The van der Waals surface area contributed by atoms with E-state index in [2.05, 4.69) is 32.7 Å². The van der Waals surface area contributed by atoms with E-state index < -0.39 is 0 Å². The number of benzene rings is 2. The molecule has 0 spiro atoms. The Hall–Kier alpha value is -4.33. The molecule has 168 valence electrons. The molecule has 1 heterocycles. The maximum atomic E-state index is 8.22. The average Bonchev–Trinajstić information content (AvgIpc) is 3.22. The van der Waals surface area contributed by atoms with E-state index in [0.29, 0.717) is 28.5 Å². The van der Waals surface area contributed by atoms with Crippen LogP contribution in [0.25, 0.3) is 0 Å². The van der Waals surface area contributed by atoms with Crippen molar-refractivity contribution in [2.75, 3.05) is 22.9 Å². The van der Waals surface area contributed by atoms with E-state index in [9.17, 15) is 0 Å². The van der Waals surface area contributed by atoms with Crippen molar-refractivity contribution in [3.05, 3.63) is 90.8 Å². The number of hydrogen-bond acceptors (Lipinski definition) is 6. The highest BCUT2D eigenvalue weighted by molar-refractivity contribution is 6.23. The van der Waals surface area contributed by atoms with Crippen molar-refractivity contribution in [3.63, 3.8) is 0 Å². The van der Waals surface area contributed by atoms with Crippen molar-refractivity contribution < 1.29 is 4.57 Å². The van der Waals surface area contributed by atoms with Crippen LogP contribution in [-0.2, 0) is 13.6 Å². The molecular formula is C25H29N8+. The maximum absolute atomic E-state index is 8.22. The number of aryl methyl sites for hydroxylation is 2. The van der Waals surface area contributed by atoms with Gasteiger partial charge < -0.3 is 22.1 Å². The van der Waals surface area contributed by atoms with E-state index >= 15 is 0 Å². The number of aliphatic imine (C=N–C) groups is 1. The Labute approximate surface area is 193 Å². The zero-order valence-corrected chi connectivity index (χ0v) is 18.6. The normalized spacial score (nSPS) is 14.7. The predicted molar refractivity (Wildman–Crippen MR) is 135 cm³/mol. The highest BCUT2D eigenvalue weighted by atomic mass is 15.1. The summed E-state index contributed by atoms with van der Waals surface area (Å²) in [5.74, 6) is 0. The lowest BCUT2D eigenvalue weighted by Gasteiger charge is -2.16. The van der Waals surface area contributed by atoms with Crippen LogP contribution in [-0.4, -0.2) is 22.5 Å². The minimum absolute atomic E-state index is 0.302. The van der Waals surface area contributed by atoms with Gasteiger partial charge in [-0.05, 0) is 60.7 Å². The van der Waals surface area contributed by atoms with Gasteiger partial charge in [-0.15, -0.1) is 0 Å². The summed E-state index contributed by atoms with van der Waals surface area (Å²) in [5.41, 5.74) is 17.3. The molecule has 0 atom stereocenters. The van der Waals surface area contributed by atoms with Crippen LogP contribution in [0.3, 0.4) is 0 Å². The first-order valence-corrected chi connectivity index (χ1v) is 10.8. The highest BCUT2D eigenvalue weighted by Gasteiger charge is 2.14. The molecule has 1 aromatic heterocycles. The van der Waals surface area contributed by atoms with Crippen molar-refractivity contribution in [1.82, 2.24) is 4.57 Å². The summed E-state index contributed by atoms with van der Waals surface area (Å²) in [4.78, 5) is 4.68. The molecule has 8 heteroatoms. The van der Waals surface area contributed by atoms with Crippen LogP contribution >= 0.6 is 0 Å².